The molecule has 2 aromatic rings. The van der Waals surface area contributed by atoms with Crippen LogP contribution in [-0.4, -0.2) is 38.4 Å². The molecule has 2 heterocycles. The first-order valence-electron chi connectivity index (χ1n) is 9.12. The molecule has 8 nitrogen and oxygen atoms in total. The zero-order valence-electron chi connectivity index (χ0n) is 16.1. The zero-order chi connectivity index (χ0) is 18.6. The van der Waals surface area contributed by atoms with Crippen LogP contribution in [0.4, 0.5) is 0 Å². The minimum absolute atomic E-state index is 0. The van der Waals surface area contributed by atoms with E-state index in [2.05, 4.69) is 25.8 Å². The number of nitrogens with one attached hydrogen (secondary N) is 2. The summed E-state index contributed by atoms with van der Waals surface area (Å²) in [7, 11) is 1.93. The number of hydrogen-bond donors (Lipinski definition) is 3. The number of aliphatic hydroxyl groups is 1. The topological polar surface area (TPSA) is 100 Å². The van der Waals surface area contributed by atoms with Crippen molar-refractivity contribution >= 4 is 29.9 Å². The molecule has 1 fully saturated rings. The maximum absolute atomic E-state index is 10.7. The third-order valence-corrected chi connectivity index (χ3v) is 4.91. The maximum atomic E-state index is 10.7. The molecule has 27 heavy (non-hydrogen) atoms. The molecule has 3 rings (SSSR count). The first-order valence-corrected chi connectivity index (χ1v) is 9.12. The Morgan fingerprint density at radius 2 is 2.15 bits per heavy atom. The van der Waals surface area contributed by atoms with E-state index in [1.54, 1.807) is 25.3 Å². The molecule has 3 N–H and O–H groups in total. The van der Waals surface area contributed by atoms with Gasteiger partial charge in [-0.2, -0.15) is 0 Å². The Hall–Kier alpha value is -1.62. The van der Waals surface area contributed by atoms with E-state index >= 15 is 0 Å². The van der Waals surface area contributed by atoms with Gasteiger partial charge in [-0.25, -0.2) is 4.99 Å². The van der Waals surface area contributed by atoms with Crippen molar-refractivity contribution in [2.75, 3.05) is 6.54 Å². The van der Waals surface area contributed by atoms with Gasteiger partial charge < -0.3 is 24.7 Å². The van der Waals surface area contributed by atoms with Gasteiger partial charge in [-0.1, -0.05) is 12.8 Å². The van der Waals surface area contributed by atoms with Gasteiger partial charge in [-0.3, -0.25) is 0 Å². The monoisotopic (exact) mass is 488 g/mol. The second-order valence-electron chi connectivity index (χ2n) is 7.12. The Labute approximate surface area is 176 Å². The van der Waals surface area contributed by atoms with Crippen molar-refractivity contribution < 1.29 is 9.52 Å². The Balaban J connectivity index is 0.00000261. The third kappa shape index (κ3) is 5.68. The predicted molar refractivity (Wildman–Crippen MR) is 114 cm³/mol. The van der Waals surface area contributed by atoms with Crippen LogP contribution in [0.1, 0.15) is 50.0 Å². The van der Waals surface area contributed by atoms with E-state index < -0.39 is 5.60 Å². The van der Waals surface area contributed by atoms with Gasteiger partial charge in [0.2, 0.25) is 0 Å². The van der Waals surface area contributed by atoms with Crippen LogP contribution in [0.2, 0.25) is 0 Å². The molecule has 1 atom stereocenters. The van der Waals surface area contributed by atoms with Crippen LogP contribution in [-0.2, 0) is 19.2 Å². The van der Waals surface area contributed by atoms with Gasteiger partial charge in [0, 0.05) is 13.1 Å². The maximum Gasteiger partial charge on any atom is 0.192 e. The largest absolute Gasteiger partial charge is 0.466 e. The van der Waals surface area contributed by atoms with Crippen LogP contribution in [0, 0.1) is 6.92 Å². The lowest BCUT2D eigenvalue weighted by Gasteiger charge is -2.24. The van der Waals surface area contributed by atoms with E-state index in [1.807, 2.05) is 18.5 Å². The molecule has 1 saturated carbocycles. The minimum atomic E-state index is -1.12. The third-order valence-electron chi connectivity index (χ3n) is 4.91. The Morgan fingerprint density at radius 3 is 2.74 bits per heavy atom. The van der Waals surface area contributed by atoms with Gasteiger partial charge in [0.1, 0.15) is 23.7 Å². The summed E-state index contributed by atoms with van der Waals surface area (Å²) in [6, 6.07) is 3.95. The molecule has 150 valence electrons. The van der Waals surface area contributed by atoms with Crippen molar-refractivity contribution in [3.63, 3.8) is 0 Å². The average Bonchev–Trinajstić information content (AvgIpc) is 3.36. The van der Waals surface area contributed by atoms with E-state index in [0.717, 1.165) is 24.5 Å². The Morgan fingerprint density at radius 1 is 1.41 bits per heavy atom. The molecule has 1 aliphatic carbocycles. The summed E-state index contributed by atoms with van der Waals surface area (Å²) in [5.41, 5.74) is -1.12. The molecule has 0 aromatic carbocycles. The van der Waals surface area contributed by atoms with Crippen molar-refractivity contribution in [2.24, 2.45) is 12.0 Å². The van der Waals surface area contributed by atoms with Crippen LogP contribution in [0.3, 0.4) is 0 Å². The second kappa shape index (κ2) is 9.54. The molecule has 0 bridgehead atoms. The summed E-state index contributed by atoms with van der Waals surface area (Å²) in [4.78, 5) is 4.65. The van der Waals surface area contributed by atoms with E-state index in [4.69, 9.17) is 4.42 Å². The molecule has 1 aliphatic rings. The van der Waals surface area contributed by atoms with Crippen molar-refractivity contribution in [2.45, 2.75) is 57.7 Å². The molecule has 2 aromatic heterocycles. The van der Waals surface area contributed by atoms with Crippen molar-refractivity contribution in [1.82, 2.24) is 25.4 Å². The van der Waals surface area contributed by atoms with E-state index in [-0.39, 0.29) is 30.5 Å². The number of aromatic nitrogens is 3. The molecule has 0 amide bonds. The van der Waals surface area contributed by atoms with Crippen LogP contribution in [0.25, 0.3) is 0 Å². The van der Waals surface area contributed by atoms with Gasteiger partial charge >= 0.3 is 0 Å². The number of hydrogen-bond acceptors (Lipinski definition) is 5. The highest BCUT2D eigenvalue weighted by atomic mass is 127. The molecule has 0 saturated heterocycles. The lowest BCUT2D eigenvalue weighted by molar-refractivity contribution is 0.0385. The summed E-state index contributed by atoms with van der Waals surface area (Å²) < 4.78 is 7.27. The minimum Gasteiger partial charge on any atom is -0.466 e. The summed E-state index contributed by atoms with van der Waals surface area (Å²) in [6.07, 6.45) is 6.30. The van der Waals surface area contributed by atoms with Gasteiger partial charge in [0.15, 0.2) is 11.8 Å². The summed E-state index contributed by atoms with van der Waals surface area (Å²) in [5.74, 6) is 2.85. The van der Waals surface area contributed by atoms with Crippen molar-refractivity contribution in [3.8, 4) is 0 Å². The molecular formula is C18H29IN6O2. The van der Waals surface area contributed by atoms with Crippen LogP contribution in [0.15, 0.2) is 27.8 Å². The second-order valence-corrected chi connectivity index (χ2v) is 7.12. The van der Waals surface area contributed by atoms with E-state index in [1.165, 1.54) is 12.8 Å². The fourth-order valence-electron chi connectivity index (χ4n) is 3.08. The molecule has 1 unspecified atom stereocenters. The van der Waals surface area contributed by atoms with Crippen LogP contribution < -0.4 is 10.6 Å². The highest BCUT2D eigenvalue weighted by molar-refractivity contribution is 14.0. The van der Waals surface area contributed by atoms with Gasteiger partial charge in [-0.15, -0.1) is 34.2 Å². The SMILES string of the molecule is Cc1nnc(CN=C(NCC(C)(O)c2ccco2)NC2CCCC2)n1C.I. The molecule has 9 heteroatoms. The predicted octanol–water partition coefficient (Wildman–Crippen LogP) is 2.22. The number of furan rings is 1. The number of aliphatic imine (C=N–C) groups is 1. The number of rotatable bonds is 6. The summed E-state index contributed by atoms with van der Waals surface area (Å²) in [5, 5.41) is 25.6. The van der Waals surface area contributed by atoms with E-state index in [9.17, 15) is 5.11 Å². The Kier molecular flexibility index (Phi) is 7.66. The normalized spacial score (nSPS) is 17.4. The average molecular weight is 488 g/mol. The van der Waals surface area contributed by atoms with Crippen LogP contribution >= 0.6 is 24.0 Å². The Bertz CT molecular complexity index is 735. The summed E-state index contributed by atoms with van der Waals surface area (Å²) in [6.45, 7) is 4.34. The fraction of sp³-hybridized carbons (Fsp3) is 0.611. The highest BCUT2D eigenvalue weighted by Gasteiger charge is 2.27. The number of halogens is 1. The summed E-state index contributed by atoms with van der Waals surface area (Å²) >= 11 is 0. The number of aryl methyl sites for hydroxylation is 1. The van der Waals surface area contributed by atoms with Crippen molar-refractivity contribution in [1.29, 1.82) is 0 Å². The van der Waals surface area contributed by atoms with Crippen LogP contribution in [0.5, 0.6) is 0 Å². The van der Waals surface area contributed by atoms with Crippen molar-refractivity contribution in [3.05, 3.63) is 35.8 Å². The standard InChI is InChI=1S/C18H28N6O2.HI/c1-13-22-23-16(24(13)3)11-19-17(21-14-7-4-5-8-14)20-12-18(2,25)15-9-6-10-26-15;/h6,9-10,14,25H,4-5,7-8,11-12H2,1-3H3,(H2,19,20,21);1H. The van der Waals surface area contributed by atoms with E-state index in [0.29, 0.717) is 24.3 Å². The van der Waals surface area contributed by atoms with Gasteiger partial charge in [-0.05, 0) is 38.8 Å². The molecule has 0 aliphatic heterocycles. The number of guanidine groups is 1. The first kappa shape index (κ1) is 21.7. The van der Waals surface area contributed by atoms with Gasteiger partial charge in [0.05, 0.1) is 12.8 Å². The lowest BCUT2D eigenvalue weighted by Crippen LogP contribution is -2.47. The zero-order valence-corrected chi connectivity index (χ0v) is 18.4. The van der Waals surface area contributed by atoms with Gasteiger partial charge in [0.25, 0.3) is 0 Å². The highest BCUT2D eigenvalue weighted by Crippen LogP contribution is 2.20. The quantitative estimate of drug-likeness (QED) is 0.328. The molecule has 0 radical (unpaired) electrons. The smallest absolute Gasteiger partial charge is 0.192 e. The fourth-order valence-corrected chi connectivity index (χ4v) is 3.08. The lowest BCUT2D eigenvalue weighted by atomic mass is 10.0. The first-order chi connectivity index (χ1) is 12.5. The molecule has 0 spiro atoms. The molecular weight excluding hydrogens is 459 g/mol. The number of nitrogens with zero attached hydrogens (tertiary/aromatic N) is 4.